The normalized spacial score (nSPS) is 13.9. The number of methoxy groups -OCH3 is 2. The van der Waals surface area contributed by atoms with Gasteiger partial charge in [0, 0.05) is 43.9 Å². The molecule has 2 aromatic carbocycles. The van der Waals surface area contributed by atoms with Gasteiger partial charge in [-0.25, -0.2) is 14.6 Å². The van der Waals surface area contributed by atoms with E-state index < -0.39 is 0 Å². The van der Waals surface area contributed by atoms with Crippen LogP contribution in [-0.4, -0.2) is 71.0 Å². The molecular weight excluding hydrogens is 480 g/mol. The molecule has 0 N–H and O–H groups in total. The van der Waals surface area contributed by atoms with Crippen molar-refractivity contribution in [2.24, 2.45) is 0 Å². The molecule has 3 heterocycles. The van der Waals surface area contributed by atoms with E-state index in [4.69, 9.17) is 36.1 Å². The van der Waals surface area contributed by atoms with Crippen LogP contribution in [0.15, 0.2) is 48.5 Å². The van der Waals surface area contributed by atoms with Crippen LogP contribution >= 0.6 is 11.6 Å². The van der Waals surface area contributed by atoms with Gasteiger partial charge in [-0.2, -0.15) is 5.10 Å². The standard InChI is InChI=1S/C26H27ClN6O3/c1-17-23-24(31-10-12-32(13-11-31)26(34)18-6-4-9-21(14-18)36-3)28-22(16-35-2)29-25(23)33(30-17)20-8-5-7-19(27)15-20/h4-9,14-15H,10-13,16H2,1-3H3. The fourth-order valence-electron chi connectivity index (χ4n) is 4.48. The van der Waals surface area contributed by atoms with Gasteiger partial charge in [-0.3, -0.25) is 4.79 Å². The van der Waals surface area contributed by atoms with E-state index in [0.717, 1.165) is 22.6 Å². The molecule has 5 rings (SSSR count). The molecule has 0 bridgehead atoms. The van der Waals surface area contributed by atoms with Crippen LogP contribution in [0, 0.1) is 6.92 Å². The molecule has 10 heteroatoms. The van der Waals surface area contributed by atoms with Crippen molar-refractivity contribution in [3.8, 4) is 11.4 Å². The van der Waals surface area contributed by atoms with Crippen molar-refractivity contribution in [1.82, 2.24) is 24.6 Å². The second kappa shape index (κ2) is 10.1. The predicted molar refractivity (Wildman–Crippen MR) is 138 cm³/mol. The zero-order chi connectivity index (χ0) is 25.2. The Kier molecular flexibility index (Phi) is 6.75. The first kappa shape index (κ1) is 24.0. The number of piperazine rings is 1. The third-order valence-corrected chi connectivity index (χ3v) is 6.47. The lowest BCUT2D eigenvalue weighted by Crippen LogP contribution is -2.49. The highest BCUT2D eigenvalue weighted by Gasteiger charge is 2.27. The Morgan fingerprint density at radius 2 is 1.81 bits per heavy atom. The minimum absolute atomic E-state index is 0.00795. The highest BCUT2D eigenvalue weighted by molar-refractivity contribution is 6.30. The van der Waals surface area contributed by atoms with E-state index in [-0.39, 0.29) is 12.5 Å². The van der Waals surface area contributed by atoms with Crippen LogP contribution in [0.5, 0.6) is 5.75 Å². The molecule has 36 heavy (non-hydrogen) atoms. The van der Waals surface area contributed by atoms with Gasteiger partial charge in [0.05, 0.1) is 23.9 Å². The summed E-state index contributed by atoms with van der Waals surface area (Å²) in [6.45, 7) is 4.64. The summed E-state index contributed by atoms with van der Waals surface area (Å²) in [5.41, 5.74) is 2.95. The van der Waals surface area contributed by atoms with E-state index in [9.17, 15) is 4.79 Å². The summed E-state index contributed by atoms with van der Waals surface area (Å²) in [6, 6.07) is 14.8. The van der Waals surface area contributed by atoms with Crippen molar-refractivity contribution in [2.75, 3.05) is 45.3 Å². The number of halogens is 1. The second-order valence-electron chi connectivity index (χ2n) is 8.58. The van der Waals surface area contributed by atoms with E-state index in [1.54, 1.807) is 25.0 Å². The minimum Gasteiger partial charge on any atom is -0.497 e. The first-order valence-electron chi connectivity index (χ1n) is 11.7. The molecule has 1 saturated heterocycles. The Balaban J connectivity index is 1.46. The van der Waals surface area contributed by atoms with Gasteiger partial charge in [-0.1, -0.05) is 23.7 Å². The van der Waals surface area contributed by atoms with Crippen molar-refractivity contribution in [3.63, 3.8) is 0 Å². The molecule has 2 aromatic heterocycles. The molecule has 0 aliphatic carbocycles. The monoisotopic (exact) mass is 506 g/mol. The molecular formula is C26H27ClN6O3. The lowest BCUT2D eigenvalue weighted by Gasteiger charge is -2.35. The van der Waals surface area contributed by atoms with Crippen LogP contribution in [-0.2, 0) is 11.3 Å². The molecule has 0 saturated carbocycles. The fraction of sp³-hybridized carbons (Fsp3) is 0.308. The van der Waals surface area contributed by atoms with E-state index in [2.05, 4.69) is 4.90 Å². The van der Waals surface area contributed by atoms with Gasteiger partial charge in [0.2, 0.25) is 0 Å². The lowest BCUT2D eigenvalue weighted by atomic mass is 10.1. The quantitative estimate of drug-likeness (QED) is 0.392. The number of hydrogen-bond donors (Lipinski definition) is 0. The van der Waals surface area contributed by atoms with Crippen LogP contribution in [0.2, 0.25) is 5.02 Å². The molecule has 1 amide bonds. The Labute approximate surface area is 214 Å². The lowest BCUT2D eigenvalue weighted by molar-refractivity contribution is 0.0746. The predicted octanol–water partition coefficient (Wildman–Crippen LogP) is 3.89. The molecule has 1 aliphatic rings. The maximum Gasteiger partial charge on any atom is 0.254 e. The number of hydrogen-bond acceptors (Lipinski definition) is 7. The van der Waals surface area contributed by atoms with Crippen LogP contribution < -0.4 is 9.64 Å². The SMILES string of the molecule is COCc1nc(N2CCN(C(=O)c3cccc(OC)c3)CC2)c2c(C)nn(-c3cccc(Cl)c3)c2n1. The first-order chi connectivity index (χ1) is 17.5. The second-order valence-corrected chi connectivity index (χ2v) is 9.02. The number of amides is 1. The topological polar surface area (TPSA) is 85.6 Å². The van der Waals surface area contributed by atoms with E-state index >= 15 is 0 Å². The van der Waals surface area contributed by atoms with Gasteiger partial charge in [0.25, 0.3) is 5.91 Å². The number of aromatic nitrogens is 4. The van der Waals surface area contributed by atoms with Crippen molar-refractivity contribution in [2.45, 2.75) is 13.5 Å². The zero-order valence-electron chi connectivity index (χ0n) is 20.4. The average Bonchev–Trinajstić information content (AvgIpc) is 3.24. The minimum atomic E-state index is -0.00795. The Morgan fingerprint density at radius 3 is 2.53 bits per heavy atom. The maximum atomic E-state index is 13.1. The van der Waals surface area contributed by atoms with Gasteiger partial charge in [-0.15, -0.1) is 0 Å². The molecule has 0 atom stereocenters. The largest absolute Gasteiger partial charge is 0.497 e. The van der Waals surface area contributed by atoms with Gasteiger partial charge in [0.1, 0.15) is 18.2 Å². The number of benzene rings is 2. The van der Waals surface area contributed by atoms with Crippen molar-refractivity contribution in [1.29, 1.82) is 0 Å². The van der Waals surface area contributed by atoms with Crippen LogP contribution in [0.25, 0.3) is 16.7 Å². The highest BCUT2D eigenvalue weighted by atomic mass is 35.5. The zero-order valence-corrected chi connectivity index (χ0v) is 21.2. The van der Waals surface area contributed by atoms with Gasteiger partial charge < -0.3 is 19.3 Å². The van der Waals surface area contributed by atoms with E-state index in [0.29, 0.717) is 54.0 Å². The van der Waals surface area contributed by atoms with Gasteiger partial charge >= 0.3 is 0 Å². The Bertz CT molecular complexity index is 1410. The first-order valence-corrected chi connectivity index (χ1v) is 12.1. The summed E-state index contributed by atoms with van der Waals surface area (Å²) in [5, 5.41) is 6.27. The molecule has 0 unspecified atom stereocenters. The molecule has 1 aliphatic heterocycles. The smallest absolute Gasteiger partial charge is 0.254 e. The Hall–Kier alpha value is -3.69. The van der Waals surface area contributed by atoms with Gasteiger partial charge in [0.15, 0.2) is 11.5 Å². The molecule has 186 valence electrons. The molecule has 1 fully saturated rings. The summed E-state index contributed by atoms with van der Waals surface area (Å²) in [4.78, 5) is 26.7. The number of aryl methyl sites for hydroxylation is 1. The maximum absolute atomic E-state index is 13.1. The highest BCUT2D eigenvalue weighted by Crippen LogP contribution is 2.30. The van der Waals surface area contributed by atoms with Gasteiger partial charge in [-0.05, 0) is 43.3 Å². The fourth-order valence-corrected chi connectivity index (χ4v) is 4.66. The molecule has 4 aromatic rings. The number of fused-ring (bicyclic) bond motifs is 1. The van der Waals surface area contributed by atoms with E-state index in [1.165, 1.54) is 0 Å². The number of anilines is 1. The molecule has 0 spiro atoms. The number of carbonyl (C=O) groups is 1. The third kappa shape index (κ3) is 4.59. The number of rotatable bonds is 6. The van der Waals surface area contributed by atoms with E-state index in [1.807, 2.05) is 54.3 Å². The van der Waals surface area contributed by atoms with Crippen LogP contribution in [0.4, 0.5) is 5.82 Å². The number of ether oxygens (including phenoxy) is 2. The number of nitrogens with zero attached hydrogens (tertiary/aromatic N) is 6. The summed E-state index contributed by atoms with van der Waals surface area (Å²) in [7, 11) is 3.22. The van der Waals surface area contributed by atoms with Crippen LogP contribution in [0.1, 0.15) is 21.9 Å². The summed E-state index contributed by atoms with van der Waals surface area (Å²) in [6.07, 6.45) is 0. The summed E-state index contributed by atoms with van der Waals surface area (Å²) < 4.78 is 12.4. The third-order valence-electron chi connectivity index (χ3n) is 6.24. The summed E-state index contributed by atoms with van der Waals surface area (Å²) >= 11 is 6.25. The van der Waals surface area contributed by atoms with Crippen molar-refractivity contribution < 1.29 is 14.3 Å². The Morgan fingerprint density at radius 1 is 1.03 bits per heavy atom. The molecule has 9 nitrogen and oxygen atoms in total. The van der Waals surface area contributed by atoms with Crippen LogP contribution in [0.3, 0.4) is 0 Å². The molecule has 0 radical (unpaired) electrons. The summed E-state index contributed by atoms with van der Waals surface area (Å²) in [5.74, 6) is 2.02. The van der Waals surface area contributed by atoms with Crippen molar-refractivity contribution >= 4 is 34.4 Å². The van der Waals surface area contributed by atoms with Crippen molar-refractivity contribution in [3.05, 3.63) is 70.6 Å². The number of carbonyl (C=O) groups excluding carboxylic acids is 1. The average molecular weight is 507 g/mol.